The highest BCUT2D eigenvalue weighted by Crippen LogP contribution is 2.09. The quantitative estimate of drug-likeness (QED) is 0.430. The summed E-state index contributed by atoms with van der Waals surface area (Å²) in [5, 5.41) is 0. The number of rotatable bonds is 11. The zero-order valence-electron chi connectivity index (χ0n) is 14.8. The molecule has 0 aromatic heterocycles. The minimum atomic E-state index is -0.302. The lowest BCUT2D eigenvalue weighted by Gasteiger charge is -2.22. The first-order chi connectivity index (χ1) is 10.2. The number of carbonyl (C=O) groups excluding carboxylic acids is 2. The fourth-order valence-corrected chi connectivity index (χ4v) is 1.67. The van der Waals surface area contributed by atoms with Gasteiger partial charge in [0.2, 0.25) is 0 Å². The van der Waals surface area contributed by atoms with Crippen LogP contribution in [-0.4, -0.2) is 36.9 Å². The van der Waals surface area contributed by atoms with Crippen molar-refractivity contribution in [3.05, 3.63) is 0 Å². The van der Waals surface area contributed by atoms with Crippen LogP contribution in [0.15, 0.2) is 0 Å². The maximum atomic E-state index is 11.6. The summed E-state index contributed by atoms with van der Waals surface area (Å²) in [4.78, 5) is 23.1. The van der Waals surface area contributed by atoms with Gasteiger partial charge in [-0.2, -0.15) is 0 Å². The molecule has 0 aromatic rings. The Morgan fingerprint density at radius 2 is 1.64 bits per heavy atom. The molecule has 0 spiro atoms. The van der Waals surface area contributed by atoms with E-state index >= 15 is 0 Å². The molecule has 0 N–H and O–H groups in total. The number of hydrogen-bond donors (Lipinski definition) is 0. The van der Waals surface area contributed by atoms with Gasteiger partial charge in [0, 0.05) is 12.8 Å². The van der Waals surface area contributed by atoms with Crippen molar-refractivity contribution >= 4 is 11.9 Å². The molecule has 0 radical (unpaired) electrons. The maximum Gasteiger partial charge on any atom is 0.306 e. The summed E-state index contributed by atoms with van der Waals surface area (Å²) < 4.78 is 15.8. The number of esters is 2. The van der Waals surface area contributed by atoms with Crippen LogP contribution in [0.1, 0.15) is 73.1 Å². The molecule has 0 bridgehead atoms. The van der Waals surface area contributed by atoms with Gasteiger partial charge in [-0.25, -0.2) is 0 Å². The third-order valence-electron chi connectivity index (χ3n) is 2.86. The molecular formula is C17H32O5. The van der Waals surface area contributed by atoms with E-state index in [4.69, 9.17) is 14.2 Å². The van der Waals surface area contributed by atoms with E-state index in [1.54, 1.807) is 6.92 Å². The molecule has 1 atom stereocenters. The largest absolute Gasteiger partial charge is 0.466 e. The van der Waals surface area contributed by atoms with E-state index in [0.29, 0.717) is 19.6 Å². The average Bonchev–Trinajstić information content (AvgIpc) is 2.40. The van der Waals surface area contributed by atoms with Gasteiger partial charge in [-0.05, 0) is 40.5 Å². The van der Waals surface area contributed by atoms with Gasteiger partial charge in [0.15, 0.2) is 0 Å². The number of carbonyl (C=O) groups is 2. The lowest BCUT2D eigenvalue weighted by Crippen LogP contribution is -2.27. The molecule has 0 aromatic carbocycles. The summed E-state index contributed by atoms with van der Waals surface area (Å²) in [5.74, 6) is -0.545. The van der Waals surface area contributed by atoms with E-state index in [9.17, 15) is 9.59 Å². The Labute approximate surface area is 134 Å². The Kier molecular flexibility index (Phi) is 10.9. The first-order valence-electron chi connectivity index (χ1n) is 8.23. The highest BCUT2D eigenvalue weighted by molar-refractivity contribution is 5.72. The average molecular weight is 316 g/mol. The zero-order valence-corrected chi connectivity index (χ0v) is 14.8. The summed E-state index contributed by atoms with van der Waals surface area (Å²) in [6.07, 6.45) is 3.72. The number of ether oxygens (including phenoxy) is 3. The smallest absolute Gasteiger partial charge is 0.306 e. The zero-order chi connectivity index (χ0) is 17.0. The van der Waals surface area contributed by atoms with Crippen molar-refractivity contribution < 1.29 is 23.8 Å². The second-order valence-electron chi connectivity index (χ2n) is 6.50. The van der Waals surface area contributed by atoms with E-state index in [0.717, 1.165) is 19.3 Å². The van der Waals surface area contributed by atoms with Crippen LogP contribution >= 0.6 is 0 Å². The fourth-order valence-electron chi connectivity index (χ4n) is 1.67. The summed E-state index contributed by atoms with van der Waals surface area (Å²) in [6.45, 7) is 10.6. The minimum absolute atomic E-state index is 0.226. The molecule has 0 fully saturated rings. The molecule has 130 valence electrons. The highest BCUT2D eigenvalue weighted by atomic mass is 16.6. The summed E-state index contributed by atoms with van der Waals surface area (Å²) in [7, 11) is 0. The molecule has 0 aliphatic rings. The van der Waals surface area contributed by atoms with E-state index in [-0.39, 0.29) is 36.5 Å². The molecule has 5 heteroatoms. The second kappa shape index (κ2) is 11.5. The Morgan fingerprint density at radius 3 is 2.23 bits per heavy atom. The van der Waals surface area contributed by atoms with Crippen LogP contribution < -0.4 is 0 Å². The maximum absolute atomic E-state index is 11.6. The van der Waals surface area contributed by atoms with Gasteiger partial charge in [0.1, 0.15) is 6.10 Å². The van der Waals surface area contributed by atoms with Crippen molar-refractivity contribution in [1.29, 1.82) is 0 Å². The van der Waals surface area contributed by atoms with Crippen molar-refractivity contribution in [3.63, 3.8) is 0 Å². The SMILES string of the molecule is CCCCCOC(=O)CCCC(=O)OC(C)COC(C)(C)C. The lowest BCUT2D eigenvalue weighted by molar-refractivity contribution is -0.154. The van der Waals surface area contributed by atoms with Crippen LogP contribution in [0.5, 0.6) is 0 Å². The van der Waals surface area contributed by atoms with Gasteiger partial charge in [-0.3, -0.25) is 9.59 Å². The molecule has 22 heavy (non-hydrogen) atoms. The van der Waals surface area contributed by atoms with E-state index < -0.39 is 0 Å². The van der Waals surface area contributed by atoms with Gasteiger partial charge in [0.05, 0.1) is 18.8 Å². The third kappa shape index (κ3) is 13.9. The van der Waals surface area contributed by atoms with Crippen LogP contribution in [0.25, 0.3) is 0 Å². The van der Waals surface area contributed by atoms with E-state index in [2.05, 4.69) is 6.92 Å². The normalized spacial score (nSPS) is 12.8. The van der Waals surface area contributed by atoms with Gasteiger partial charge in [-0.15, -0.1) is 0 Å². The Bertz CT molecular complexity index is 320. The molecule has 1 unspecified atom stereocenters. The van der Waals surface area contributed by atoms with Crippen molar-refractivity contribution in [1.82, 2.24) is 0 Å². The molecule has 0 aliphatic heterocycles. The Morgan fingerprint density at radius 1 is 1.00 bits per heavy atom. The van der Waals surface area contributed by atoms with Gasteiger partial charge in [-0.1, -0.05) is 19.8 Å². The molecule has 0 heterocycles. The standard InChI is InChI=1S/C17H32O5/c1-6-7-8-12-20-15(18)10-9-11-16(19)22-14(2)13-21-17(3,4)5/h14H,6-13H2,1-5H3. The van der Waals surface area contributed by atoms with Crippen LogP contribution in [0.2, 0.25) is 0 Å². The molecular weight excluding hydrogens is 284 g/mol. The molecule has 0 rings (SSSR count). The van der Waals surface area contributed by atoms with Crippen molar-refractivity contribution in [2.45, 2.75) is 84.8 Å². The van der Waals surface area contributed by atoms with Crippen LogP contribution in [-0.2, 0) is 23.8 Å². The van der Waals surface area contributed by atoms with Crippen molar-refractivity contribution in [3.8, 4) is 0 Å². The predicted octanol–water partition coefficient (Wildman–Crippen LogP) is 3.64. The molecule has 0 amide bonds. The van der Waals surface area contributed by atoms with Crippen molar-refractivity contribution in [2.75, 3.05) is 13.2 Å². The molecule has 5 nitrogen and oxygen atoms in total. The predicted molar refractivity (Wildman–Crippen MR) is 85.6 cm³/mol. The second-order valence-corrected chi connectivity index (χ2v) is 6.50. The Hall–Kier alpha value is -1.10. The van der Waals surface area contributed by atoms with Crippen LogP contribution in [0.3, 0.4) is 0 Å². The molecule has 0 saturated heterocycles. The third-order valence-corrected chi connectivity index (χ3v) is 2.86. The van der Waals surface area contributed by atoms with Crippen LogP contribution in [0, 0.1) is 0 Å². The summed E-state index contributed by atoms with van der Waals surface area (Å²) in [5.41, 5.74) is -0.248. The van der Waals surface area contributed by atoms with Gasteiger partial charge < -0.3 is 14.2 Å². The first-order valence-corrected chi connectivity index (χ1v) is 8.23. The topological polar surface area (TPSA) is 61.8 Å². The summed E-state index contributed by atoms with van der Waals surface area (Å²) in [6, 6.07) is 0. The summed E-state index contributed by atoms with van der Waals surface area (Å²) >= 11 is 0. The lowest BCUT2D eigenvalue weighted by atomic mass is 10.2. The van der Waals surface area contributed by atoms with E-state index in [1.165, 1.54) is 0 Å². The minimum Gasteiger partial charge on any atom is -0.466 e. The number of unbranched alkanes of at least 4 members (excludes halogenated alkanes) is 2. The van der Waals surface area contributed by atoms with Gasteiger partial charge >= 0.3 is 11.9 Å². The highest BCUT2D eigenvalue weighted by Gasteiger charge is 2.15. The molecule has 0 saturated carbocycles. The van der Waals surface area contributed by atoms with Gasteiger partial charge in [0.25, 0.3) is 0 Å². The fraction of sp³-hybridized carbons (Fsp3) is 0.882. The molecule has 0 aliphatic carbocycles. The van der Waals surface area contributed by atoms with Crippen LogP contribution in [0.4, 0.5) is 0 Å². The van der Waals surface area contributed by atoms with Crippen molar-refractivity contribution in [2.24, 2.45) is 0 Å². The number of hydrogen-bond acceptors (Lipinski definition) is 5. The van der Waals surface area contributed by atoms with E-state index in [1.807, 2.05) is 20.8 Å². The Balaban J connectivity index is 3.66. The first kappa shape index (κ1) is 20.9. The monoisotopic (exact) mass is 316 g/mol.